The Kier molecular flexibility index (Phi) is 6.90. The topological polar surface area (TPSA) is 38.7 Å². The maximum atomic E-state index is 5.29. The monoisotopic (exact) mass is 701 g/mol. The van der Waals surface area contributed by atoms with Crippen LogP contribution in [0.25, 0.3) is 99.5 Å². The third-order valence-electron chi connectivity index (χ3n) is 11.7. The van der Waals surface area contributed by atoms with E-state index in [0.717, 1.165) is 22.1 Å². The molecule has 0 saturated heterocycles. The van der Waals surface area contributed by atoms with Crippen LogP contribution in [0.3, 0.4) is 0 Å². The predicted octanol–water partition coefficient (Wildman–Crippen LogP) is 13.5. The van der Waals surface area contributed by atoms with Crippen LogP contribution in [0.5, 0.6) is 0 Å². The van der Waals surface area contributed by atoms with Gasteiger partial charge in [0.25, 0.3) is 0 Å². The minimum absolute atomic E-state index is 0.0523. The molecule has 3 nitrogen and oxygen atoms in total. The van der Waals surface area contributed by atoms with Gasteiger partial charge in [-0.25, -0.2) is 15.0 Å². The molecule has 1 aromatic heterocycles. The molecule has 1 heterocycles. The highest BCUT2D eigenvalue weighted by molar-refractivity contribution is 6.32. The summed E-state index contributed by atoms with van der Waals surface area (Å²) in [6.07, 6.45) is 0. The highest BCUT2D eigenvalue weighted by Crippen LogP contribution is 2.52. The van der Waals surface area contributed by atoms with Crippen molar-refractivity contribution in [1.82, 2.24) is 15.0 Å². The molecule has 0 unspecified atom stereocenters. The zero-order chi connectivity index (χ0) is 36.7. The van der Waals surface area contributed by atoms with Crippen molar-refractivity contribution in [3.8, 4) is 56.4 Å². The van der Waals surface area contributed by atoms with E-state index in [4.69, 9.17) is 15.0 Å². The Morgan fingerprint density at radius 1 is 0.327 bits per heavy atom. The molecule has 0 aliphatic heterocycles. The molecule has 0 amide bonds. The van der Waals surface area contributed by atoms with Gasteiger partial charge in [-0.1, -0.05) is 184 Å². The molecule has 1 aliphatic rings. The van der Waals surface area contributed by atoms with Crippen LogP contribution in [-0.4, -0.2) is 15.0 Å². The van der Waals surface area contributed by atoms with Crippen molar-refractivity contribution in [2.24, 2.45) is 0 Å². The fourth-order valence-corrected chi connectivity index (χ4v) is 9.09. The van der Waals surface area contributed by atoms with Crippen LogP contribution in [0.2, 0.25) is 0 Å². The second kappa shape index (κ2) is 12.0. The summed E-state index contributed by atoms with van der Waals surface area (Å²) >= 11 is 0. The Morgan fingerprint density at radius 3 is 1.51 bits per heavy atom. The smallest absolute Gasteiger partial charge is 0.164 e. The largest absolute Gasteiger partial charge is 0.208 e. The Hall–Kier alpha value is -6.97. The third-order valence-corrected chi connectivity index (χ3v) is 11.7. The van der Waals surface area contributed by atoms with Crippen molar-refractivity contribution < 1.29 is 0 Å². The first-order chi connectivity index (χ1) is 27.0. The molecule has 0 bridgehead atoms. The molecule has 0 atom stereocenters. The zero-order valence-electron chi connectivity index (χ0n) is 30.6. The molecule has 3 heteroatoms. The van der Waals surface area contributed by atoms with Crippen LogP contribution in [0.1, 0.15) is 25.0 Å². The van der Waals surface area contributed by atoms with Gasteiger partial charge < -0.3 is 0 Å². The van der Waals surface area contributed by atoms with Gasteiger partial charge in [-0.05, 0) is 82.5 Å². The van der Waals surface area contributed by atoms with E-state index in [2.05, 4.69) is 172 Å². The van der Waals surface area contributed by atoms with Crippen molar-refractivity contribution in [3.05, 3.63) is 187 Å². The summed E-state index contributed by atoms with van der Waals surface area (Å²) in [5, 5.41) is 9.70. The minimum Gasteiger partial charge on any atom is -0.208 e. The lowest BCUT2D eigenvalue weighted by molar-refractivity contribution is 0.660. The van der Waals surface area contributed by atoms with E-state index < -0.39 is 0 Å². The Morgan fingerprint density at radius 2 is 0.800 bits per heavy atom. The molecule has 0 N–H and O–H groups in total. The molecule has 258 valence electrons. The fraction of sp³-hybridized carbons (Fsp3) is 0.0577. The summed E-state index contributed by atoms with van der Waals surface area (Å²) < 4.78 is 0. The van der Waals surface area contributed by atoms with Gasteiger partial charge in [-0.3, -0.25) is 0 Å². The van der Waals surface area contributed by atoms with Crippen molar-refractivity contribution >= 4 is 43.1 Å². The van der Waals surface area contributed by atoms with Gasteiger partial charge in [-0.15, -0.1) is 0 Å². The van der Waals surface area contributed by atoms with Crippen LogP contribution in [-0.2, 0) is 5.41 Å². The molecule has 11 rings (SSSR count). The molecule has 0 fully saturated rings. The first-order valence-corrected chi connectivity index (χ1v) is 19.0. The van der Waals surface area contributed by atoms with Gasteiger partial charge in [-0.2, -0.15) is 0 Å². The molecular weight excluding hydrogens is 667 g/mol. The van der Waals surface area contributed by atoms with Crippen molar-refractivity contribution in [2.45, 2.75) is 19.3 Å². The van der Waals surface area contributed by atoms with Crippen molar-refractivity contribution in [1.29, 1.82) is 0 Å². The molecule has 9 aromatic carbocycles. The maximum absolute atomic E-state index is 5.29. The van der Waals surface area contributed by atoms with E-state index in [9.17, 15) is 0 Å². The van der Waals surface area contributed by atoms with Crippen molar-refractivity contribution in [2.75, 3.05) is 0 Å². The lowest BCUT2D eigenvalue weighted by Crippen LogP contribution is -2.14. The van der Waals surface area contributed by atoms with Crippen LogP contribution in [0.15, 0.2) is 176 Å². The van der Waals surface area contributed by atoms with E-state index in [-0.39, 0.29) is 5.41 Å². The average Bonchev–Trinajstić information content (AvgIpc) is 3.49. The standard InChI is InChI=1S/C52H35N3/c1-52(2)45-25-13-12-23-42(45)48-35(24-14-26-46(48)52)32-27-29-34(30-28-32)50-53-49(33-15-4-3-5-16-33)54-51(55-50)44-31-43-38-19-7-6-17-36(38)37-18-8-10-21-40(37)47(43)41-22-11-9-20-39(41)44/h3-31H,1-2H3. The van der Waals surface area contributed by atoms with E-state index in [1.54, 1.807) is 0 Å². The zero-order valence-corrected chi connectivity index (χ0v) is 30.6. The van der Waals surface area contributed by atoms with Crippen LogP contribution < -0.4 is 0 Å². The fourth-order valence-electron chi connectivity index (χ4n) is 9.09. The second-order valence-corrected chi connectivity index (χ2v) is 15.1. The van der Waals surface area contributed by atoms with Gasteiger partial charge in [0.05, 0.1) is 0 Å². The summed E-state index contributed by atoms with van der Waals surface area (Å²) in [7, 11) is 0. The summed E-state index contributed by atoms with van der Waals surface area (Å²) in [5.41, 5.74) is 10.6. The van der Waals surface area contributed by atoms with Gasteiger partial charge in [0, 0.05) is 22.1 Å². The quantitative estimate of drug-likeness (QED) is 0.171. The molecule has 55 heavy (non-hydrogen) atoms. The number of nitrogens with zero attached hydrogens (tertiary/aromatic N) is 3. The second-order valence-electron chi connectivity index (χ2n) is 15.1. The SMILES string of the molecule is CC1(C)c2ccccc2-c2c(-c3ccc(-c4nc(-c5ccccc5)nc(-c5cc6c7ccccc7c7ccccc7c6c6ccccc56)n4)cc3)cccc21. The molecule has 0 saturated carbocycles. The van der Waals surface area contributed by atoms with Crippen LogP contribution >= 0.6 is 0 Å². The van der Waals surface area contributed by atoms with E-state index >= 15 is 0 Å². The number of fused-ring (bicyclic) bond motifs is 11. The van der Waals surface area contributed by atoms with Crippen molar-refractivity contribution in [3.63, 3.8) is 0 Å². The third kappa shape index (κ3) is 4.79. The Labute approximate surface area is 319 Å². The Bertz CT molecular complexity index is 3160. The van der Waals surface area contributed by atoms with E-state index in [1.807, 2.05) is 18.2 Å². The maximum Gasteiger partial charge on any atom is 0.164 e. The van der Waals surface area contributed by atoms with Gasteiger partial charge in [0.15, 0.2) is 17.5 Å². The first kappa shape index (κ1) is 31.5. The van der Waals surface area contributed by atoms with Gasteiger partial charge >= 0.3 is 0 Å². The average molecular weight is 702 g/mol. The molecule has 0 radical (unpaired) electrons. The van der Waals surface area contributed by atoms with Crippen LogP contribution in [0.4, 0.5) is 0 Å². The lowest BCUT2D eigenvalue weighted by Gasteiger charge is -2.21. The summed E-state index contributed by atoms with van der Waals surface area (Å²) in [5.74, 6) is 1.95. The Balaban J connectivity index is 1.12. The van der Waals surface area contributed by atoms with E-state index in [0.29, 0.717) is 17.5 Å². The molecule has 0 spiro atoms. The summed E-state index contributed by atoms with van der Waals surface area (Å²) in [4.78, 5) is 15.6. The number of hydrogen-bond donors (Lipinski definition) is 0. The van der Waals surface area contributed by atoms with E-state index in [1.165, 1.54) is 71.1 Å². The highest BCUT2D eigenvalue weighted by Gasteiger charge is 2.36. The number of benzene rings is 9. The molecular formula is C52H35N3. The first-order valence-electron chi connectivity index (χ1n) is 19.0. The number of aromatic nitrogens is 3. The lowest BCUT2D eigenvalue weighted by atomic mass is 9.82. The molecule has 1 aliphatic carbocycles. The predicted molar refractivity (Wildman–Crippen MR) is 229 cm³/mol. The highest BCUT2D eigenvalue weighted by atomic mass is 15.0. The van der Waals surface area contributed by atoms with Crippen LogP contribution in [0, 0.1) is 0 Å². The normalized spacial score (nSPS) is 13.1. The number of hydrogen-bond acceptors (Lipinski definition) is 3. The van der Waals surface area contributed by atoms with Gasteiger partial charge in [0.1, 0.15) is 0 Å². The minimum atomic E-state index is -0.0523. The van der Waals surface area contributed by atoms with Gasteiger partial charge in [0.2, 0.25) is 0 Å². The summed E-state index contributed by atoms with van der Waals surface area (Å²) in [6.45, 7) is 4.66. The molecule has 10 aromatic rings. The number of rotatable bonds is 4. The summed E-state index contributed by atoms with van der Waals surface area (Å²) in [6, 6.07) is 63.0.